The molecular formula is C45H29N3S. The van der Waals surface area contributed by atoms with Crippen molar-refractivity contribution in [1.29, 1.82) is 0 Å². The number of rotatable bonds is 6. The van der Waals surface area contributed by atoms with Gasteiger partial charge >= 0.3 is 0 Å². The van der Waals surface area contributed by atoms with Crippen LogP contribution in [-0.2, 0) is 0 Å². The van der Waals surface area contributed by atoms with E-state index in [4.69, 9.17) is 25.9 Å². The van der Waals surface area contributed by atoms with Crippen LogP contribution in [0.5, 0.6) is 0 Å². The first-order valence-electron chi connectivity index (χ1n) is 21.0. The minimum Gasteiger partial charge on any atom is -0.208 e. The summed E-state index contributed by atoms with van der Waals surface area (Å²) in [6.45, 7) is 0. The third kappa shape index (κ3) is 5.58. The molecule has 0 saturated carbocycles. The molecule has 0 aliphatic heterocycles. The van der Waals surface area contributed by atoms with Crippen LogP contribution in [0.15, 0.2) is 176 Å². The van der Waals surface area contributed by atoms with Crippen molar-refractivity contribution in [1.82, 2.24) is 15.0 Å². The monoisotopic (exact) mass is 654 g/mol. The summed E-state index contributed by atoms with van der Waals surface area (Å²) in [5, 5.41) is -0.0163. The molecule has 0 unspecified atom stereocenters. The molecule has 3 nitrogen and oxygen atoms in total. The van der Waals surface area contributed by atoms with Crippen LogP contribution in [0, 0.1) is 0 Å². The number of hydrogen-bond acceptors (Lipinski definition) is 4. The van der Waals surface area contributed by atoms with E-state index in [9.17, 15) is 4.11 Å². The van der Waals surface area contributed by atoms with E-state index < -0.39 is 54.4 Å². The fraction of sp³-hybridized carbons (Fsp3) is 0. The first-order valence-corrected chi connectivity index (χ1v) is 16.3. The molecule has 0 spiro atoms. The number of nitrogens with zero attached hydrogens (tertiary/aromatic N) is 3. The van der Waals surface area contributed by atoms with Crippen molar-refractivity contribution < 1.29 is 15.1 Å². The molecule has 0 N–H and O–H groups in total. The Labute approximate surface area is 304 Å². The summed E-state index contributed by atoms with van der Waals surface area (Å²) < 4.78 is 96.7. The van der Waals surface area contributed by atoms with Gasteiger partial charge in [0.15, 0.2) is 17.5 Å². The van der Waals surface area contributed by atoms with Gasteiger partial charge in [-0.05, 0) is 45.5 Å². The highest BCUT2D eigenvalue weighted by molar-refractivity contribution is 7.26. The number of aromatic nitrogens is 3. The number of thiophene rings is 1. The van der Waals surface area contributed by atoms with Crippen LogP contribution in [0.1, 0.15) is 15.1 Å². The van der Waals surface area contributed by atoms with Gasteiger partial charge in [0.2, 0.25) is 0 Å². The second kappa shape index (κ2) is 12.4. The highest BCUT2D eigenvalue weighted by atomic mass is 32.1. The highest BCUT2D eigenvalue weighted by Gasteiger charge is 2.15. The average molecular weight is 655 g/mol. The van der Waals surface area contributed by atoms with Gasteiger partial charge in [-0.3, -0.25) is 0 Å². The smallest absolute Gasteiger partial charge is 0.164 e. The van der Waals surface area contributed by atoms with E-state index in [-0.39, 0.29) is 66.4 Å². The van der Waals surface area contributed by atoms with E-state index >= 15 is 0 Å². The summed E-state index contributed by atoms with van der Waals surface area (Å²) in [5.74, 6) is 0.493. The van der Waals surface area contributed by atoms with E-state index in [0.29, 0.717) is 11.1 Å². The highest BCUT2D eigenvalue weighted by Crippen LogP contribution is 2.41. The molecule has 0 radical (unpaired) electrons. The topological polar surface area (TPSA) is 38.7 Å². The minimum absolute atomic E-state index is 0.00496. The molecule has 0 bridgehead atoms. The van der Waals surface area contributed by atoms with Gasteiger partial charge in [0.25, 0.3) is 0 Å². The molecule has 9 rings (SSSR count). The van der Waals surface area contributed by atoms with Gasteiger partial charge in [-0.1, -0.05) is 164 Å². The fourth-order valence-electron chi connectivity index (χ4n) is 5.73. The standard InChI is InChI=1S/C45H29N3S/c1-4-12-30(13-5-1)35-18-10-19-36(28-35)31-22-24-34(25-23-31)44-46-43(33-16-8-3-9-17-33)47-45(48-44)37-26-27-39-40-21-11-20-38(32-14-6-2-7-15-32)42(40)49-41(39)29-37/h1-29H/i2D,6D,7D,11D,14D,15D,20D,21D,26D,27D,29D. The van der Waals surface area contributed by atoms with E-state index in [1.54, 1.807) is 0 Å². The van der Waals surface area contributed by atoms with Crippen LogP contribution in [0.3, 0.4) is 0 Å². The first-order chi connectivity index (χ1) is 28.8. The Kier molecular flexibility index (Phi) is 4.96. The third-order valence-corrected chi connectivity index (χ3v) is 9.27. The maximum atomic E-state index is 9.53. The zero-order valence-electron chi connectivity index (χ0n) is 36.6. The second-order valence-electron chi connectivity index (χ2n) is 11.2. The van der Waals surface area contributed by atoms with E-state index in [1.807, 2.05) is 84.9 Å². The molecule has 4 heteroatoms. The van der Waals surface area contributed by atoms with Crippen molar-refractivity contribution in [2.45, 2.75) is 0 Å². The molecule has 2 aromatic heterocycles. The van der Waals surface area contributed by atoms with Crippen molar-refractivity contribution in [3.8, 4) is 67.5 Å². The zero-order chi connectivity index (χ0) is 42.1. The van der Waals surface area contributed by atoms with Gasteiger partial charge in [0, 0.05) is 36.9 Å². The third-order valence-electron chi connectivity index (χ3n) is 8.15. The summed E-state index contributed by atoms with van der Waals surface area (Å²) in [4.78, 5) is 14.3. The van der Waals surface area contributed by atoms with Crippen molar-refractivity contribution in [3.05, 3.63) is 176 Å². The Bertz CT molecular complexity index is 3180. The van der Waals surface area contributed by atoms with Crippen molar-refractivity contribution >= 4 is 31.5 Å². The Morgan fingerprint density at radius 2 is 0.980 bits per heavy atom. The Balaban J connectivity index is 1.24. The maximum Gasteiger partial charge on any atom is 0.164 e. The van der Waals surface area contributed by atoms with Gasteiger partial charge in [-0.2, -0.15) is 0 Å². The molecule has 0 aliphatic carbocycles. The summed E-state index contributed by atoms with van der Waals surface area (Å²) in [6, 6.07) is 29.5. The Hall–Kier alpha value is -6.23. The number of hydrogen-bond donors (Lipinski definition) is 0. The first kappa shape index (κ1) is 19.6. The van der Waals surface area contributed by atoms with Gasteiger partial charge in [-0.15, -0.1) is 11.3 Å². The minimum atomic E-state index is -0.633. The van der Waals surface area contributed by atoms with E-state index in [0.717, 1.165) is 33.6 Å². The van der Waals surface area contributed by atoms with Crippen molar-refractivity contribution in [2.24, 2.45) is 0 Å². The molecular weight excluding hydrogens is 615 g/mol. The lowest BCUT2D eigenvalue weighted by molar-refractivity contribution is 1.07. The molecule has 230 valence electrons. The fourth-order valence-corrected chi connectivity index (χ4v) is 6.86. The second-order valence-corrected chi connectivity index (χ2v) is 12.2. The van der Waals surface area contributed by atoms with E-state index in [1.165, 1.54) is 0 Å². The lowest BCUT2D eigenvalue weighted by atomic mass is 9.98. The molecule has 2 heterocycles. The Morgan fingerprint density at radius 1 is 0.408 bits per heavy atom. The summed E-state index contributed by atoms with van der Waals surface area (Å²) in [7, 11) is 0. The quantitative estimate of drug-likeness (QED) is 0.179. The molecule has 7 aromatic carbocycles. The van der Waals surface area contributed by atoms with Gasteiger partial charge < -0.3 is 0 Å². The van der Waals surface area contributed by atoms with Crippen molar-refractivity contribution in [3.63, 3.8) is 0 Å². The van der Waals surface area contributed by atoms with Gasteiger partial charge in [-0.25, -0.2) is 15.0 Å². The summed E-state index contributed by atoms with van der Waals surface area (Å²) in [5.41, 5.74) is 4.86. The van der Waals surface area contributed by atoms with Crippen molar-refractivity contribution in [2.75, 3.05) is 0 Å². The van der Waals surface area contributed by atoms with Gasteiger partial charge in [0.05, 0.1) is 15.1 Å². The average Bonchev–Trinajstić information content (AvgIpc) is 3.69. The number of benzene rings is 7. The molecule has 0 amide bonds. The molecule has 9 aromatic rings. The molecule has 0 atom stereocenters. The van der Waals surface area contributed by atoms with Crippen LogP contribution >= 0.6 is 11.3 Å². The SMILES string of the molecule is [2H]c1c([2H])c([2H])c(-c2c([2H])c([2H])c([2H])c3c2sc2c([2H])c(-c4nc(-c5ccccc5)nc(-c5ccc(-c6cccc(-c7ccccc7)c6)cc5)n4)c([2H])c([2H])c23)c([2H])c1[2H]. The van der Waals surface area contributed by atoms with Crippen LogP contribution in [-0.4, -0.2) is 15.0 Å². The van der Waals surface area contributed by atoms with Crippen LogP contribution in [0.25, 0.3) is 87.7 Å². The van der Waals surface area contributed by atoms with Crippen LogP contribution < -0.4 is 0 Å². The summed E-state index contributed by atoms with van der Waals surface area (Å²) >= 11 is 0.891. The van der Waals surface area contributed by atoms with Crippen LogP contribution in [0.2, 0.25) is 0 Å². The predicted molar refractivity (Wildman–Crippen MR) is 205 cm³/mol. The lowest BCUT2D eigenvalue weighted by Crippen LogP contribution is -2.00. The number of fused-ring (bicyclic) bond motifs is 3. The molecule has 0 fully saturated rings. The predicted octanol–water partition coefficient (Wildman–Crippen LogP) is 12.2. The zero-order valence-corrected chi connectivity index (χ0v) is 26.5. The molecule has 0 aliphatic rings. The Morgan fingerprint density at radius 3 is 1.67 bits per heavy atom. The summed E-state index contributed by atoms with van der Waals surface area (Å²) in [6.07, 6.45) is 0. The maximum absolute atomic E-state index is 9.53. The van der Waals surface area contributed by atoms with E-state index in [2.05, 4.69) is 24.3 Å². The molecule has 0 saturated heterocycles. The normalized spacial score (nSPS) is 14.4. The van der Waals surface area contributed by atoms with Crippen LogP contribution in [0.4, 0.5) is 0 Å². The largest absolute Gasteiger partial charge is 0.208 e. The van der Waals surface area contributed by atoms with Gasteiger partial charge in [0.1, 0.15) is 0 Å². The molecule has 49 heavy (non-hydrogen) atoms. The lowest BCUT2D eigenvalue weighted by Gasteiger charge is -2.10.